The summed E-state index contributed by atoms with van der Waals surface area (Å²) in [5.41, 5.74) is 5.22. The number of hydrogen-bond acceptors (Lipinski definition) is 5. The van der Waals surface area contributed by atoms with Crippen LogP contribution in [0.1, 0.15) is 48.3 Å². The number of amides is 1. The van der Waals surface area contributed by atoms with Gasteiger partial charge in [-0.05, 0) is 55.6 Å². The van der Waals surface area contributed by atoms with E-state index < -0.39 is 0 Å². The Labute approximate surface area is 193 Å². The molecule has 1 fully saturated rings. The van der Waals surface area contributed by atoms with Crippen molar-refractivity contribution >= 4 is 5.91 Å². The minimum Gasteiger partial charge on any atom is -0.337 e. The van der Waals surface area contributed by atoms with Crippen LogP contribution in [0.25, 0.3) is 11.3 Å². The maximum atomic E-state index is 13.3. The van der Waals surface area contributed by atoms with Gasteiger partial charge >= 0.3 is 0 Å². The van der Waals surface area contributed by atoms with Crippen LogP contribution < -0.4 is 0 Å². The Bertz CT molecular complexity index is 1140. The maximum Gasteiger partial charge on any atom is 0.219 e. The summed E-state index contributed by atoms with van der Waals surface area (Å²) >= 11 is 0. The van der Waals surface area contributed by atoms with Crippen LogP contribution in [0.3, 0.4) is 0 Å². The topological polar surface area (TPSA) is 62.2 Å². The molecule has 0 aliphatic carbocycles. The Kier molecular flexibility index (Phi) is 6.13. The lowest BCUT2D eigenvalue weighted by atomic mass is 9.94. The van der Waals surface area contributed by atoms with Crippen molar-refractivity contribution in [3.05, 3.63) is 77.3 Å². The summed E-state index contributed by atoms with van der Waals surface area (Å²) in [4.78, 5) is 30.5. The lowest BCUT2D eigenvalue weighted by Gasteiger charge is -2.33. The minimum atomic E-state index is -0.207. The van der Waals surface area contributed by atoms with Gasteiger partial charge in [0.2, 0.25) is 5.91 Å². The molecule has 2 aliphatic rings. The number of carbonyl (C=O) groups excluding carboxylic acids is 1. The van der Waals surface area contributed by atoms with Crippen LogP contribution in [0.15, 0.2) is 48.8 Å². The van der Waals surface area contributed by atoms with E-state index in [4.69, 9.17) is 9.97 Å². The number of likely N-dealkylation sites (tertiary alicyclic amines) is 1. The van der Waals surface area contributed by atoms with Crippen molar-refractivity contribution in [2.45, 2.75) is 45.2 Å². The fraction of sp³-hybridized carbons (Fsp3) is 0.385. The van der Waals surface area contributed by atoms with E-state index in [1.54, 1.807) is 19.3 Å². The first-order valence-electron chi connectivity index (χ1n) is 11.6. The summed E-state index contributed by atoms with van der Waals surface area (Å²) in [7, 11) is 0. The number of halogens is 1. The van der Waals surface area contributed by atoms with Crippen LogP contribution in [0.5, 0.6) is 0 Å². The molecule has 1 aromatic carbocycles. The summed E-state index contributed by atoms with van der Waals surface area (Å²) in [6, 6.07) is 10.7. The number of benzene rings is 1. The zero-order chi connectivity index (χ0) is 22.8. The Hall–Kier alpha value is -3.19. The van der Waals surface area contributed by atoms with Gasteiger partial charge in [0, 0.05) is 56.0 Å². The number of fused-ring (bicyclic) bond motifs is 1. The highest BCUT2D eigenvalue weighted by atomic mass is 19.1. The first-order chi connectivity index (χ1) is 16.1. The van der Waals surface area contributed by atoms with E-state index in [-0.39, 0.29) is 17.6 Å². The highest BCUT2D eigenvalue weighted by Gasteiger charge is 2.29. The lowest BCUT2D eigenvalue weighted by Crippen LogP contribution is -2.37. The maximum absolute atomic E-state index is 13.3. The quantitative estimate of drug-likeness (QED) is 0.608. The average Bonchev–Trinajstić information content (AvgIpc) is 2.85. The summed E-state index contributed by atoms with van der Waals surface area (Å²) in [5.74, 6) is 0.947. The smallest absolute Gasteiger partial charge is 0.219 e. The normalized spacial score (nSPS) is 18.7. The second-order valence-corrected chi connectivity index (χ2v) is 8.98. The number of carbonyl (C=O) groups is 1. The SMILES string of the molecule is CC(=O)N1CCc2c(nc(C3CCCN(Cc4ccc(F)cc4)C3)nc2-c2ccncc2)C1. The van der Waals surface area contributed by atoms with E-state index in [0.29, 0.717) is 13.1 Å². The fourth-order valence-corrected chi connectivity index (χ4v) is 4.91. The number of piperidine rings is 1. The molecule has 6 nitrogen and oxygen atoms in total. The Balaban J connectivity index is 1.45. The van der Waals surface area contributed by atoms with E-state index >= 15 is 0 Å². The van der Waals surface area contributed by atoms with Gasteiger partial charge in [-0.3, -0.25) is 14.7 Å². The van der Waals surface area contributed by atoms with Crippen molar-refractivity contribution in [1.29, 1.82) is 0 Å². The van der Waals surface area contributed by atoms with Crippen molar-refractivity contribution in [1.82, 2.24) is 24.8 Å². The van der Waals surface area contributed by atoms with E-state index in [2.05, 4.69) is 9.88 Å². The third-order valence-electron chi connectivity index (χ3n) is 6.67. The first-order valence-corrected chi connectivity index (χ1v) is 11.6. The van der Waals surface area contributed by atoms with E-state index in [0.717, 1.165) is 72.8 Å². The molecule has 170 valence electrons. The molecule has 33 heavy (non-hydrogen) atoms. The van der Waals surface area contributed by atoms with Crippen molar-refractivity contribution < 1.29 is 9.18 Å². The second-order valence-electron chi connectivity index (χ2n) is 8.98. The molecule has 1 amide bonds. The second kappa shape index (κ2) is 9.35. The minimum absolute atomic E-state index is 0.0782. The summed E-state index contributed by atoms with van der Waals surface area (Å²) in [5, 5.41) is 0. The third-order valence-corrected chi connectivity index (χ3v) is 6.67. The van der Waals surface area contributed by atoms with E-state index in [1.165, 1.54) is 12.1 Å². The standard InChI is InChI=1S/C26H28FN5O/c1-18(33)32-14-10-23-24(17-32)29-26(30-25(23)20-8-11-28-12-9-20)21-3-2-13-31(16-21)15-19-4-6-22(27)7-5-19/h4-9,11-12,21H,2-3,10,13-17H2,1H3. The van der Waals surface area contributed by atoms with Gasteiger partial charge < -0.3 is 4.90 Å². The van der Waals surface area contributed by atoms with Gasteiger partial charge in [0.25, 0.3) is 0 Å². The first kappa shape index (κ1) is 21.6. The molecule has 0 radical (unpaired) electrons. The van der Waals surface area contributed by atoms with Gasteiger partial charge in [0.05, 0.1) is 17.9 Å². The zero-order valence-electron chi connectivity index (χ0n) is 18.9. The number of pyridine rings is 1. The highest BCUT2D eigenvalue weighted by molar-refractivity contribution is 5.74. The molecule has 0 spiro atoms. The van der Waals surface area contributed by atoms with Crippen molar-refractivity contribution in [2.24, 2.45) is 0 Å². The predicted octanol–water partition coefficient (Wildman–Crippen LogP) is 3.96. The largest absolute Gasteiger partial charge is 0.337 e. The molecule has 5 rings (SSSR count). The molecule has 2 aliphatic heterocycles. The van der Waals surface area contributed by atoms with Crippen molar-refractivity contribution in [2.75, 3.05) is 19.6 Å². The van der Waals surface area contributed by atoms with Crippen LogP contribution in [0.2, 0.25) is 0 Å². The van der Waals surface area contributed by atoms with Crippen LogP contribution in [-0.4, -0.2) is 50.3 Å². The molecule has 0 saturated carbocycles. The highest BCUT2D eigenvalue weighted by Crippen LogP contribution is 2.32. The van der Waals surface area contributed by atoms with Crippen LogP contribution >= 0.6 is 0 Å². The molecule has 0 N–H and O–H groups in total. The van der Waals surface area contributed by atoms with Crippen LogP contribution in [-0.2, 0) is 24.3 Å². The molecule has 3 aromatic rings. The fourth-order valence-electron chi connectivity index (χ4n) is 4.91. The Morgan fingerprint density at radius 2 is 1.88 bits per heavy atom. The van der Waals surface area contributed by atoms with Gasteiger partial charge in [0.1, 0.15) is 11.6 Å². The van der Waals surface area contributed by atoms with Gasteiger partial charge in [-0.15, -0.1) is 0 Å². The molecule has 4 heterocycles. The number of aromatic nitrogens is 3. The predicted molar refractivity (Wildman–Crippen MR) is 124 cm³/mol. The number of nitrogens with zero attached hydrogens (tertiary/aromatic N) is 5. The van der Waals surface area contributed by atoms with Gasteiger partial charge in [-0.25, -0.2) is 14.4 Å². The molecular formula is C26H28FN5O. The summed E-state index contributed by atoms with van der Waals surface area (Å²) < 4.78 is 13.3. The number of rotatable bonds is 4. The third kappa shape index (κ3) is 4.78. The number of hydrogen-bond donors (Lipinski definition) is 0. The monoisotopic (exact) mass is 445 g/mol. The average molecular weight is 446 g/mol. The Morgan fingerprint density at radius 3 is 2.64 bits per heavy atom. The molecular weight excluding hydrogens is 417 g/mol. The molecule has 1 atom stereocenters. The van der Waals surface area contributed by atoms with Gasteiger partial charge in [-0.1, -0.05) is 12.1 Å². The van der Waals surface area contributed by atoms with Crippen LogP contribution in [0.4, 0.5) is 4.39 Å². The summed E-state index contributed by atoms with van der Waals surface area (Å²) in [6.07, 6.45) is 6.44. The zero-order valence-corrected chi connectivity index (χ0v) is 18.9. The van der Waals surface area contributed by atoms with E-state index in [1.807, 2.05) is 29.2 Å². The summed E-state index contributed by atoms with van der Waals surface area (Å²) in [6.45, 7) is 5.50. The van der Waals surface area contributed by atoms with E-state index in [9.17, 15) is 9.18 Å². The van der Waals surface area contributed by atoms with Crippen molar-refractivity contribution in [3.63, 3.8) is 0 Å². The van der Waals surface area contributed by atoms with Gasteiger partial charge in [-0.2, -0.15) is 0 Å². The van der Waals surface area contributed by atoms with Crippen molar-refractivity contribution in [3.8, 4) is 11.3 Å². The molecule has 1 saturated heterocycles. The Morgan fingerprint density at radius 1 is 1.09 bits per heavy atom. The molecule has 0 bridgehead atoms. The molecule has 1 unspecified atom stereocenters. The molecule has 7 heteroatoms. The van der Waals surface area contributed by atoms with Gasteiger partial charge in [0.15, 0.2) is 0 Å². The van der Waals surface area contributed by atoms with Crippen LogP contribution in [0, 0.1) is 5.82 Å². The lowest BCUT2D eigenvalue weighted by molar-refractivity contribution is -0.129. The molecule has 2 aromatic heterocycles.